The van der Waals surface area contributed by atoms with Crippen LogP contribution >= 0.6 is 0 Å². The van der Waals surface area contributed by atoms with E-state index in [1.54, 1.807) is 47.7 Å². The molecule has 0 amide bonds. The van der Waals surface area contributed by atoms with Crippen LogP contribution < -0.4 is 5.73 Å². The SMILES string of the molecule is Cc1ccc(F)c(-n2cncc2-c2cnccc2N)c1. The average Bonchev–Trinajstić information content (AvgIpc) is 2.91. The summed E-state index contributed by atoms with van der Waals surface area (Å²) in [7, 11) is 0. The standard InChI is InChI=1S/C15H13FN4/c1-10-2-3-12(16)14(6-10)20-9-19-8-15(20)11-7-18-5-4-13(11)17/h2-9H,1H3,(H2,17,18). The number of hydrogen-bond donors (Lipinski definition) is 1. The van der Waals surface area contributed by atoms with Crippen LogP contribution in [0.1, 0.15) is 5.56 Å². The maximum Gasteiger partial charge on any atom is 0.147 e. The Labute approximate surface area is 115 Å². The van der Waals surface area contributed by atoms with Crippen LogP contribution in [0, 0.1) is 12.7 Å². The van der Waals surface area contributed by atoms with Gasteiger partial charge in [0.1, 0.15) is 5.82 Å². The molecule has 0 fully saturated rings. The van der Waals surface area contributed by atoms with Crippen LogP contribution in [0.4, 0.5) is 10.1 Å². The summed E-state index contributed by atoms with van der Waals surface area (Å²) in [6.45, 7) is 1.91. The molecule has 0 aliphatic carbocycles. The Bertz CT molecular complexity index is 764. The van der Waals surface area contributed by atoms with Crippen LogP contribution in [-0.4, -0.2) is 14.5 Å². The van der Waals surface area contributed by atoms with Gasteiger partial charge in [0.15, 0.2) is 0 Å². The van der Waals surface area contributed by atoms with E-state index in [1.807, 2.05) is 6.92 Å². The number of nitrogens with two attached hydrogens (primary N) is 1. The van der Waals surface area contributed by atoms with Gasteiger partial charge in [0.25, 0.3) is 0 Å². The van der Waals surface area contributed by atoms with Crippen LogP contribution in [0.25, 0.3) is 16.9 Å². The van der Waals surface area contributed by atoms with Crippen molar-refractivity contribution in [2.45, 2.75) is 6.92 Å². The number of halogens is 1. The zero-order valence-electron chi connectivity index (χ0n) is 10.9. The highest BCUT2D eigenvalue weighted by atomic mass is 19.1. The number of rotatable bonds is 2. The molecule has 0 saturated heterocycles. The van der Waals surface area contributed by atoms with Gasteiger partial charge in [-0.15, -0.1) is 0 Å². The molecule has 2 N–H and O–H groups in total. The summed E-state index contributed by atoms with van der Waals surface area (Å²) in [6, 6.07) is 6.65. The predicted molar refractivity (Wildman–Crippen MR) is 75.9 cm³/mol. The second-order valence-electron chi connectivity index (χ2n) is 4.57. The van der Waals surface area contributed by atoms with E-state index in [2.05, 4.69) is 9.97 Å². The topological polar surface area (TPSA) is 56.7 Å². The molecule has 4 nitrogen and oxygen atoms in total. The largest absolute Gasteiger partial charge is 0.398 e. The van der Waals surface area contributed by atoms with Crippen molar-refractivity contribution in [2.24, 2.45) is 0 Å². The number of aryl methyl sites for hydroxylation is 1. The van der Waals surface area contributed by atoms with Gasteiger partial charge in [-0.3, -0.25) is 9.55 Å². The Morgan fingerprint density at radius 2 is 2.00 bits per heavy atom. The fraction of sp³-hybridized carbons (Fsp3) is 0.0667. The molecule has 0 bridgehead atoms. The fourth-order valence-electron chi connectivity index (χ4n) is 2.11. The Kier molecular flexibility index (Phi) is 2.95. The molecule has 0 spiro atoms. The molecule has 2 aromatic heterocycles. The molecule has 3 rings (SSSR count). The lowest BCUT2D eigenvalue weighted by Crippen LogP contribution is -2.01. The van der Waals surface area contributed by atoms with Gasteiger partial charge in [-0.25, -0.2) is 9.37 Å². The van der Waals surface area contributed by atoms with E-state index in [0.717, 1.165) is 11.1 Å². The second kappa shape index (κ2) is 4.77. The minimum Gasteiger partial charge on any atom is -0.398 e. The summed E-state index contributed by atoms with van der Waals surface area (Å²) in [5.74, 6) is -0.308. The number of imidazole rings is 1. The van der Waals surface area contributed by atoms with E-state index < -0.39 is 0 Å². The molecule has 0 saturated carbocycles. The number of hydrogen-bond acceptors (Lipinski definition) is 3. The Morgan fingerprint density at radius 1 is 1.15 bits per heavy atom. The van der Waals surface area contributed by atoms with E-state index in [1.165, 1.54) is 6.07 Å². The predicted octanol–water partition coefficient (Wildman–Crippen LogP) is 2.96. The van der Waals surface area contributed by atoms with Gasteiger partial charge >= 0.3 is 0 Å². The van der Waals surface area contributed by atoms with Crippen molar-refractivity contribution in [1.82, 2.24) is 14.5 Å². The molecule has 5 heteroatoms. The second-order valence-corrected chi connectivity index (χ2v) is 4.57. The van der Waals surface area contributed by atoms with E-state index in [4.69, 9.17) is 5.73 Å². The van der Waals surface area contributed by atoms with Gasteiger partial charge in [0.2, 0.25) is 0 Å². The monoisotopic (exact) mass is 268 g/mol. The van der Waals surface area contributed by atoms with Crippen LogP contribution in [0.2, 0.25) is 0 Å². The van der Waals surface area contributed by atoms with Gasteiger partial charge < -0.3 is 5.73 Å². The Balaban J connectivity index is 2.21. The van der Waals surface area contributed by atoms with Gasteiger partial charge in [0.05, 0.1) is 23.9 Å². The van der Waals surface area contributed by atoms with Gasteiger partial charge in [-0.1, -0.05) is 6.07 Å². The first-order valence-corrected chi connectivity index (χ1v) is 6.15. The molecule has 0 aliphatic rings. The third-order valence-electron chi connectivity index (χ3n) is 3.13. The first-order valence-electron chi connectivity index (χ1n) is 6.15. The van der Waals surface area contributed by atoms with Crippen molar-refractivity contribution in [3.05, 3.63) is 60.6 Å². The van der Waals surface area contributed by atoms with Crippen molar-refractivity contribution < 1.29 is 4.39 Å². The molecule has 3 aromatic rings. The molecule has 0 atom stereocenters. The number of nitrogens with zero attached hydrogens (tertiary/aromatic N) is 3. The molecule has 100 valence electrons. The lowest BCUT2D eigenvalue weighted by atomic mass is 10.1. The first-order chi connectivity index (χ1) is 9.66. The van der Waals surface area contributed by atoms with Crippen molar-refractivity contribution >= 4 is 5.69 Å². The van der Waals surface area contributed by atoms with Crippen LogP contribution in [-0.2, 0) is 0 Å². The summed E-state index contributed by atoms with van der Waals surface area (Å²) in [5, 5.41) is 0. The normalized spacial score (nSPS) is 10.7. The Morgan fingerprint density at radius 3 is 2.80 bits per heavy atom. The van der Waals surface area contributed by atoms with Crippen molar-refractivity contribution in [1.29, 1.82) is 0 Å². The molecular formula is C15H13FN4. The third kappa shape index (κ3) is 2.03. The van der Waals surface area contributed by atoms with Crippen LogP contribution in [0.3, 0.4) is 0 Å². The van der Waals surface area contributed by atoms with Gasteiger partial charge in [0, 0.05) is 23.6 Å². The minimum atomic E-state index is -0.308. The van der Waals surface area contributed by atoms with E-state index in [-0.39, 0.29) is 5.82 Å². The summed E-state index contributed by atoms with van der Waals surface area (Å²) in [5.41, 5.74) is 9.38. The fourth-order valence-corrected chi connectivity index (χ4v) is 2.11. The smallest absolute Gasteiger partial charge is 0.147 e. The average molecular weight is 268 g/mol. The van der Waals surface area contributed by atoms with Crippen molar-refractivity contribution in [3.8, 4) is 16.9 Å². The lowest BCUT2D eigenvalue weighted by molar-refractivity contribution is 0.618. The lowest BCUT2D eigenvalue weighted by Gasteiger charge is -2.11. The maximum atomic E-state index is 14.0. The zero-order valence-corrected chi connectivity index (χ0v) is 10.9. The van der Waals surface area contributed by atoms with Gasteiger partial charge in [-0.2, -0.15) is 0 Å². The molecule has 20 heavy (non-hydrogen) atoms. The highest BCUT2D eigenvalue weighted by molar-refractivity contribution is 5.73. The number of benzene rings is 1. The van der Waals surface area contributed by atoms with Crippen molar-refractivity contribution in [2.75, 3.05) is 5.73 Å². The van der Waals surface area contributed by atoms with E-state index in [9.17, 15) is 4.39 Å². The molecule has 2 heterocycles. The highest BCUT2D eigenvalue weighted by Crippen LogP contribution is 2.28. The number of pyridine rings is 1. The quantitative estimate of drug-likeness (QED) is 0.777. The minimum absolute atomic E-state index is 0.308. The third-order valence-corrected chi connectivity index (χ3v) is 3.13. The van der Waals surface area contributed by atoms with E-state index in [0.29, 0.717) is 17.1 Å². The number of anilines is 1. The molecular weight excluding hydrogens is 255 g/mol. The van der Waals surface area contributed by atoms with Crippen LogP contribution in [0.5, 0.6) is 0 Å². The highest BCUT2D eigenvalue weighted by Gasteiger charge is 2.13. The summed E-state index contributed by atoms with van der Waals surface area (Å²) >= 11 is 0. The van der Waals surface area contributed by atoms with Crippen molar-refractivity contribution in [3.63, 3.8) is 0 Å². The van der Waals surface area contributed by atoms with Crippen LogP contribution in [0.15, 0.2) is 49.2 Å². The first kappa shape index (κ1) is 12.3. The summed E-state index contributed by atoms with van der Waals surface area (Å²) < 4.78 is 15.7. The molecule has 0 unspecified atom stereocenters. The maximum absolute atomic E-state index is 14.0. The summed E-state index contributed by atoms with van der Waals surface area (Å²) in [4.78, 5) is 8.16. The molecule has 1 aromatic carbocycles. The van der Waals surface area contributed by atoms with Gasteiger partial charge in [-0.05, 0) is 30.7 Å². The number of aromatic nitrogens is 3. The molecule has 0 aliphatic heterocycles. The van der Waals surface area contributed by atoms with E-state index >= 15 is 0 Å². The summed E-state index contributed by atoms with van der Waals surface area (Å²) in [6.07, 6.45) is 6.48. The zero-order chi connectivity index (χ0) is 14.1. The molecule has 0 radical (unpaired) electrons. The Hall–Kier alpha value is -2.69. The number of nitrogen functional groups attached to an aromatic ring is 1.